The third-order valence-electron chi connectivity index (χ3n) is 4.38. The Kier molecular flexibility index (Phi) is 4.74. The summed E-state index contributed by atoms with van der Waals surface area (Å²) in [6.45, 7) is 0. The molecule has 4 rings (SSSR count). The summed E-state index contributed by atoms with van der Waals surface area (Å²) in [5, 5.41) is 7.28. The molecule has 0 unspecified atom stereocenters. The summed E-state index contributed by atoms with van der Waals surface area (Å²) in [4.78, 5) is 28.6. The molecule has 0 spiro atoms. The van der Waals surface area contributed by atoms with Gasteiger partial charge in [-0.15, -0.1) is 0 Å². The van der Waals surface area contributed by atoms with E-state index < -0.39 is 11.7 Å². The zero-order valence-electron chi connectivity index (χ0n) is 15.7. The Balaban J connectivity index is 1.67. The number of anilines is 2. The number of carbonyl (C=O) groups is 1. The molecule has 2 aromatic heterocycles. The van der Waals surface area contributed by atoms with Gasteiger partial charge in [-0.2, -0.15) is 0 Å². The maximum atomic E-state index is 12.4. The van der Waals surface area contributed by atoms with Crippen molar-refractivity contribution in [3.63, 3.8) is 0 Å². The smallest absolute Gasteiger partial charge is 0.344 e. The highest BCUT2D eigenvalue weighted by molar-refractivity contribution is 6.07. The monoisotopic (exact) mass is 391 g/mol. The molecule has 2 heterocycles. The van der Waals surface area contributed by atoms with Crippen LogP contribution in [0.25, 0.3) is 21.7 Å². The van der Waals surface area contributed by atoms with Crippen molar-refractivity contribution in [1.29, 1.82) is 0 Å². The second-order valence-corrected chi connectivity index (χ2v) is 6.18. The molecule has 8 nitrogen and oxygen atoms in total. The van der Waals surface area contributed by atoms with Crippen molar-refractivity contribution in [2.45, 2.75) is 0 Å². The molecule has 2 N–H and O–H groups in total. The van der Waals surface area contributed by atoms with Crippen molar-refractivity contribution >= 4 is 39.1 Å². The fraction of sp³-hybridized carbons (Fsp3) is 0.0952. The van der Waals surface area contributed by atoms with Crippen LogP contribution in [0.2, 0.25) is 0 Å². The van der Waals surface area contributed by atoms with E-state index in [1.807, 2.05) is 0 Å². The van der Waals surface area contributed by atoms with Gasteiger partial charge in [0.25, 0.3) is 0 Å². The largest absolute Gasteiger partial charge is 0.497 e. The summed E-state index contributed by atoms with van der Waals surface area (Å²) in [5.41, 5.74) is 1.06. The van der Waals surface area contributed by atoms with Gasteiger partial charge in [0.15, 0.2) is 0 Å². The van der Waals surface area contributed by atoms with Crippen LogP contribution in [0.15, 0.2) is 63.9 Å². The number of methoxy groups -OCH3 is 2. The molecule has 0 saturated carbocycles. The van der Waals surface area contributed by atoms with Crippen molar-refractivity contribution in [3.8, 4) is 11.6 Å². The van der Waals surface area contributed by atoms with Crippen LogP contribution < -0.4 is 25.7 Å². The number of hydrogen-bond donors (Lipinski definition) is 2. The van der Waals surface area contributed by atoms with E-state index in [4.69, 9.17) is 13.9 Å². The molecule has 0 fully saturated rings. The second-order valence-electron chi connectivity index (χ2n) is 6.18. The minimum atomic E-state index is -0.433. The summed E-state index contributed by atoms with van der Waals surface area (Å²) in [7, 11) is 3.05. The lowest BCUT2D eigenvalue weighted by Gasteiger charge is -2.10. The van der Waals surface area contributed by atoms with Gasteiger partial charge in [0.05, 0.1) is 19.6 Å². The Morgan fingerprint density at radius 3 is 2.45 bits per heavy atom. The number of benzene rings is 2. The molecular weight excluding hydrogens is 374 g/mol. The lowest BCUT2D eigenvalue weighted by Crippen LogP contribution is -2.19. The van der Waals surface area contributed by atoms with E-state index in [0.717, 1.165) is 0 Å². The normalized spacial score (nSPS) is 10.7. The molecule has 2 aromatic carbocycles. The van der Waals surface area contributed by atoms with Crippen LogP contribution in [0.5, 0.6) is 11.6 Å². The van der Waals surface area contributed by atoms with Crippen molar-refractivity contribution in [2.24, 2.45) is 0 Å². The highest BCUT2D eigenvalue weighted by Crippen LogP contribution is 2.28. The lowest BCUT2D eigenvalue weighted by atomic mass is 10.1. The fourth-order valence-corrected chi connectivity index (χ4v) is 3.01. The van der Waals surface area contributed by atoms with Crippen LogP contribution in [0.4, 0.5) is 16.2 Å². The maximum Gasteiger partial charge on any atom is 0.344 e. The molecule has 0 atom stereocenters. The van der Waals surface area contributed by atoms with Crippen LogP contribution in [0.1, 0.15) is 0 Å². The quantitative estimate of drug-likeness (QED) is 0.403. The van der Waals surface area contributed by atoms with E-state index in [-0.39, 0.29) is 0 Å². The van der Waals surface area contributed by atoms with E-state index >= 15 is 0 Å². The third-order valence-corrected chi connectivity index (χ3v) is 4.38. The molecule has 29 heavy (non-hydrogen) atoms. The fourth-order valence-electron chi connectivity index (χ4n) is 3.01. The minimum Gasteiger partial charge on any atom is -0.497 e. The zero-order valence-corrected chi connectivity index (χ0v) is 15.7. The van der Waals surface area contributed by atoms with E-state index in [9.17, 15) is 9.59 Å². The summed E-state index contributed by atoms with van der Waals surface area (Å²) in [6, 6.07) is 13.0. The topological polar surface area (TPSA) is 103 Å². The number of nitrogens with zero attached hydrogens (tertiary/aromatic N) is 1. The molecule has 0 saturated heterocycles. The molecule has 2 amide bonds. The molecule has 8 heteroatoms. The molecule has 0 radical (unpaired) electrons. The van der Waals surface area contributed by atoms with Gasteiger partial charge in [-0.25, -0.2) is 14.6 Å². The van der Waals surface area contributed by atoms with Crippen molar-refractivity contribution in [1.82, 2.24) is 4.98 Å². The molecule has 4 aromatic rings. The van der Waals surface area contributed by atoms with Crippen molar-refractivity contribution in [3.05, 3.63) is 65.1 Å². The number of rotatable bonds is 4. The molecular formula is C21H17N3O5. The number of pyridine rings is 1. The first kappa shape index (κ1) is 18.3. The first-order valence-electron chi connectivity index (χ1n) is 8.70. The van der Waals surface area contributed by atoms with Gasteiger partial charge >= 0.3 is 11.7 Å². The molecule has 0 bridgehead atoms. The SMILES string of the molecule is COc1ccc2c(=O)oc3ccc(NC(=O)Nc4ccnc(OC)c4)cc3c2c1. The average molecular weight is 391 g/mol. The zero-order chi connectivity index (χ0) is 20.4. The van der Waals surface area contributed by atoms with Gasteiger partial charge < -0.3 is 24.5 Å². The Morgan fingerprint density at radius 2 is 1.69 bits per heavy atom. The lowest BCUT2D eigenvalue weighted by molar-refractivity contribution is 0.262. The summed E-state index contributed by atoms with van der Waals surface area (Å²) < 4.78 is 15.7. The van der Waals surface area contributed by atoms with Gasteiger partial charge in [0.2, 0.25) is 5.88 Å². The van der Waals surface area contributed by atoms with Crippen LogP contribution in [0, 0.1) is 0 Å². The van der Waals surface area contributed by atoms with E-state index in [1.54, 1.807) is 55.6 Å². The number of fused-ring (bicyclic) bond motifs is 3. The summed E-state index contributed by atoms with van der Waals surface area (Å²) in [5.74, 6) is 1.01. The molecule has 0 aliphatic rings. The predicted molar refractivity (Wildman–Crippen MR) is 110 cm³/mol. The van der Waals surface area contributed by atoms with Gasteiger partial charge in [-0.3, -0.25) is 0 Å². The van der Waals surface area contributed by atoms with Crippen molar-refractivity contribution in [2.75, 3.05) is 24.9 Å². The van der Waals surface area contributed by atoms with E-state index in [1.165, 1.54) is 13.3 Å². The number of carbonyl (C=O) groups excluding carboxylic acids is 1. The van der Waals surface area contributed by atoms with Crippen LogP contribution in [0.3, 0.4) is 0 Å². The summed E-state index contributed by atoms with van der Waals surface area (Å²) in [6.07, 6.45) is 1.53. The first-order valence-corrected chi connectivity index (χ1v) is 8.70. The highest BCUT2D eigenvalue weighted by atomic mass is 16.5. The Bertz CT molecular complexity index is 1280. The van der Waals surface area contributed by atoms with E-state index in [2.05, 4.69) is 15.6 Å². The highest BCUT2D eigenvalue weighted by Gasteiger charge is 2.11. The predicted octanol–water partition coefficient (Wildman–Crippen LogP) is 4.00. The standard InChI is InChI=1S/C21H17N3O5/c1-27-14-4-5-15-16(11-14)17-9-12(3-6-18(17)29-20(15)25)23-21(26)24-13-7-8-22-19(10-13)28-2/h3-11H,1-2H3,(H2,22,23,24,26). The number of amides is 2. The van der Waals surface area contributed by atoms with Gasteiger partial charge in [0, 0.05) is 34.4 Å². The Hall–Kier alpha value is -4.07. The Labute approximate surface area is 165 Å². The van der Waals surface area contributed by atoms with Gasteiger partial charge in [-0.1, -0.05) is 0 Å². The second kappa shape index (κ2) is 7.51. The number of hydrogen-bond acceptors (Lipinski definition) is 6. The molecule has 146 valence electrons. The van der Waals surface area contributed by atoms with Gasteiger partial charge in [0.1, 0.15) is 11.3 Å². The van der Waals surface area contributed by atoms with Crippen molar-refractivity contribution < 1.29 is 18.7 Å². The number of aromatic nitrogens is 1. The number of ether oxygens (including phenoxy) is 2. The van der Waals surface area contributed by atoms with Crippen LogP contribution in [-0.4, -0.2) is 25.2 Å². The molecule has 0 aliphatic carbocycles. The van der Waals surface area contributed by atoms with Crippen LogP contribution in [-0.2, 0) is 0 Å². The average Bonchev–Trinajstić information content (AvgIpc) is 2.74. The number of nitrogens with one attached hydrogen (secondary N) is 2. The third kappa shape index (κ3) is 3.68. The Morgan fingerprint density at radius 1 is 0.897 bits per heavy atom. The molecule has 0 aliphatic heterocycles. The minimum absolute atomic E-state index is 0.393. The van der Waals surface area contributed by atoms with Gasteiger partial charge in [-0.05, 0) is 42.5 Å². The maximum absolute atomic E-state index is 12.4. The number of urea groups is 1. The summed E-state index contributed by atoms with van der Waals surface area (Å²) >= 11 is 0. The van der Waals surface area contributed by atoms with Crippen LogP contribution >= 0.6 is 0 Å². The van der Waals surface area contributed by atoms with E-state index in [0.29, 0.717) is 44.7 Å². The first-order chi connectivity index (χ1) is 14.1.